The van der Waals surface area contributed by atoms with E-state index in [4.69, 9.17) is 11.6 Å². The van der Waals surface area contributed by atoms with Crippen LogP contribution in [0.5, 0.6) is 0 Å². The second-order valence-electron chi connectivity index (χ2n) is 3.99. The van der Waals surface area contributed by atoms with Gasteiger partial charge in [-0.25, -0.2) is 0 Å². The van der Waals surface area contributed by atoms with Crippen molar-refractivity contribution in [2.75, 3.05) is 11.6 Å². The highest BCUT2D eigenvalue weighted by atomic mass is 35.5. The van der Waals surface area contributed by atoms with Gasteiger partial charge in [-0.2, -0.15) is 0 Å². The summed E-state index contributed by atoms with van der Waals surface area (Å²) in [5, 5.41) is 0. The summed E-state index contributed by atoms with van der Waals surface area (Å²) in [5.74, 6) is 1.21. The lowest BCUT2D eigenvalue weighted by Gasteiger charge is -2.02. The molecule has 1 nitrogen and oxygen atoms in total. The van der Waals surface area contributed by atoms with Crippen LogP contribution in [-0.4, -0.2) is 17.4 Å². The lowest BCUT2D eigenvalue weighted by Crippen LogP contribution is -1.99. The summed E-state index contributed by atoms with van der Waals surface area (Å²) in [5.41, 5.74) is 0.704. The van der Waals surface area contributed by atoms with Crippen molar-refractivity contribution in [3.8, 4) is 0 Å². The molecular formula is C14H19ClOS. The molecule has 0 spiro atoms. The third-order valence-electron chi connectivity index (χ3n) is 2.56. The Morgan fingerprint density at radius 3 is 2.47 bits per heavy atom. The van der Waals surface area contributed by atoms with Gasteiger partial charge in [-0.15, -0.1) is 23.4 Å². The van der Waals surface area contributed by atoms with Gasteiger partial charge in [0.25, 0.3) is 0 Å². The second-order valence-corrected chi connectivity index (χ2v) is 5.43. The molecule has 0 atom stereocenters. The van der Waals surface area contributed by atoms with Crippen molar-refractivity contribution in [1.82, 2.24) is 0 Å². The molecule has 0 aliphatic carbocycles. The Bertz CT molecular complexity index is 335. The number of hydrogen-bond donors (Lipinski definition) is 0. The van der Waals surface area contributed by atoms with Gasteiger partial charge in [0.05, 0.1) is 5.88 Å². The van der Waals surface area contributed by atoms with Crippen molar-refractivity contribution in [2.24, 2.45) is 0 Å². The summed E-state index contributed by atoms with van der Waals surface area (Å²) in [6.45, 7) is 2.22. The summed E-state index contributed by atoms with van der Waals surface area (Å²) >= 11 is 7.36. The smallest absolute Gasteiger partial charge is 0.177 e. The van der Waals surface area contributed by atoms with Crippen LogP contribution in [0, 0.1) is 0 Å². The number of carbonyl (C=O) groups excluding carboxylic acids is 1. The molecule has 0 aliphatic heterocycles. The van der Waals surface area contributed by atoms with E-state index in [1.54, 1.807) is 0 Å². The van der Waals surface area contributed by atoms with Gasteiger partial charge >= 0.3 is 0 Å². The molecule has 0 saturated heterocycles. The molecule has 0 aliphatic rings. The number of halogens is 1. The predicted octanol–water partition coefficient (Wildman–Crippen LogP) is 4.78. The molecule has 1 aromatic rings. The first kappa shape index (κ1) is 14.6. The maximum Gasteiger partial charge on any atom is 0.177 e. The Labute approximate surface area is 113 Å². The van der Waals surface area contributed by atoms with E-state index in [9.17, 15) is 4.79 Å². The topological polar surface area (TPSA) is 17.1 Å². The Balaban J connectivity index is 2.33. The first-order valence-electron chi connectivity index (χ1n) is 6.10. The lowest BCUT2D eigenvalue weighted by atomic mass is 10.1. The van der Waals surface area contributed by atoms with Crippen molar-refractivity contribution in [3.63, 3.8) is 0 Å². The molecule has 0 saturated carbocycles. The number of Topliss-reactive ketones (excluding diaryl/α,β-unsaturated/α-hetero) is 1. The number of carbonyl (C=O) groups is 1. The van der Waals surface area contributed by atoms with Crippen LogP contribution in [0.15, 0.2) is 29.2 Å². The molecule has 1 rings (SSSR count). The molecule has 17 heavy (non-hydrogen) atoms. The predicted molar refractivity (Wildman–Crippen MR) is 76.4 cm³/mol. The van der Waals surface area contributed by atoms with E-state index >= 15 is 0 Å². The third kappa shape index (κ3) is 5.60. The van der Waals surface area contributed by atoms with Gasteiger partial charge in [0, 0.05) is 10.5 Å². The van der Waals surface area contributed by atoms with E-state index in [-0.39, 0.29) is 11.7 Å². The van der Waals surface area contributed by atoms with Crippen molar-refractivity contribution < 1.29 is 4.79 Å². The fourth-order valence-electron chi connectivity index (χ4n) is 1.53. The zero-order valence-corrected chi connectivity index (χ0v) is 11.8. The van der Waals surface area contributed by atoms with Gasteiger partial charge in [0.2, 0.25) is 0 Å². The Kier molecular flexibility index (Phi) is 7.38. The average Bonchev–Trinajstić information content (AvgIpc) is 2.38. The summed E-state index contributed by atoms with van der Waals surface area (Å²) in [7, 11) is 0. The van der Waals surface area contributed by atoms with E-state index in [1.165, 1.54) is 30.6 Å². The third-order valence-corrected chi connectivity index (χ3v) is 3.91. The van der Waals surface area contributed by atoms with Gasteiger partial charge in [-0.1, -0.05) is 38.3 Å². The van der Waals surface area contributed by atoms with E-state index < -0.39 is 0 Å². The normalized spacial score (nSPS) is 10.5. The van der Waals surface area contributed by atoms with Crippen LogP contribution >= 0.6 is 23.4 Å². The molecule has 3 heteroatoms. The zero-order valence-electron chi connectivity index (χ0n) is 10.2. The van der Waals surface area contributed by atoms with E-state index in [2.05, 4.69) is 6.92 Å². The van der Waals surface area contributed by atoms with Crippen LogP contribution in [0.3, 0.4) is 0 Å². The largest absolute Gasteiger partial charge is 0.293 e. The maximum absolute atomic E-state index is 11.3. The van der Waals surface area contributed by atoms with E-state index in [0.717, 1.165) is 5.75 Å². The van der Waals surface area contributed by atoms with Gasteiger partial charge in [0.15, 0.2) is 5.78 Å². The fraction of sp³-hybridized carbons (Fsp3) is 0.500. The van der Waals surface area contributed by atoms with Crippen LogP contribution in [0.25, 0.3) is 0 Å². The minimum absolute atomic E-state index is 0.00818. The molecule has 0 radical (unpaired) electrons. The molecule has 0 unspecified atom stereocenters. The lowest BCUT2D eigenvalue weighted by molar-refractivity contribution is 0.102. The van der Waals surface area contributed by atoms with Crippen molar-refractivity contribution in [1.29, 1.82) is 0 Å². The van der Waals surface area contributed by atoms with Crippen LogP contribution < -0.4 is 0 Å². The Morgan fingerprint density at radius 2 is 1.88 bits per heavy atom. The van der Waals surface area contributed by atoms with Gasteiger partial charge in [0.1, 0.15) is 0 Å². The molecule has 94 valence electrons. The summed E-state index contributed by atoms with van der Waals surface area (Å²) in [6.07, 6.45) is 5.18. The standard InChI is InChI=1S/C14H19ClOS/c1-2-3-4-5-10-17-13-8-6-12(7-9-13)14(16)11-15/h6-9H,2-5,10-11H2,1H3. The first-order chi connectivity index (χ1) is 8.27. The average molecular weight is 271 g/mol. The van der Waals surface area contributed by atoms with Crippen LogP contribution in [-0.2, 0) is 0 Å². The second kappa shape index (κ2) is 8.60. The summed E-state index contributed by atoms with van der Waals surface area (Å²) in [4.78, 5) is 12.5. The SMILES string of the molecule is CCCCCCSc1ccc(C(=O)CCl)cc1. The van der Waals surface area contributed by atoms with Gasteiger partial charge in [-0.3, -0.25) is 4.79 Å². The van der Waals surface area contributed by atoms with Crippen molar-refractivity contribution >= 4 is 29.1 Å². The number of rotatable bonds is 8. The quantitative estimate of drug-likeness (QED) is 0.293. The molecule has 1 aromatic carbocycles. The first-order valence-corrected chi connectivity index (χ1v) is 7.62. The van der Waals surface area contributed by atoms with Gasteiger partial charge in [-0.05, 0) is 24.3 Å². The molecular weight excluding hydrogens is 252 g/mol. The number of ketones is 1. The number of hydrogen-bond acceptors (Lipinski definition) is 2. The van der Waals surface area contributed by atoms with Crippen molar-refractivity contribution in [3.05, 3.63) is 29.8 Å². The molecule has 0 N–H and O–H groups in total. The monoisotopic (exact) mass is 270 g/mol. The minimum atomic E-state index is -0.00818. The van der Waals surface area contributed by atoms with Crippen LogP contribution in [0.2, 0.25) is 0 Å². The Hall–Kier alpha value is -0.470. The zero-order chi connectivity index (χ0) is 12.5. The molecule has 0 fully saturated rings. The van der Waals surface area contributed by atoms with Crippen LogP contribution in [0.1, 0.15) is 43.0 Å². The highest BCUT2D eigenvalue weighted by Crippen LogP contribution is 2.20. The highest BCUT2D eigenvalue weighted by molar-refractivity contribution is 7.99. The number of unbranched alkanes of at least 4 members (excludes halogenated alkanes) is 3. The van der Waals surface area contributed by atoms with Crippen molar-refractivity contribution in [2.45, 2.75) is 37.5 Å². The molecule has 0 bridgehead atoms. The number of thioether (sulfide) groups is 1. The Morgan fingerprint density at radius 1 is 1.18 bits per heavy atom. The van der Waals surface area contributed by atoms with E-state index in [1.807, 2.05) is 36.0 Å². The fourth-order valence-corrected chi connectivity index (χ4v) is 2.60. The molecule has 0 amide bonds. The minimum Gasteiger partial charge on any atom is -0.293 e. The number of benzene rings is 1. The summed E-state index contributed by atoms with van der Waals surface area (Å²) in [6, 6.07) is 7.73. The summed E-state index contributed by atoms with van der Waals surface area (Å²) < 4.78 is 0. The van der Waals surface area contributed by atoms with Gasteiger partial charge < -0.3 is 0 Å². The van der Waals surface area contributed by atoms with Crippen LogP contribution in [0.4, 0.5) is 0 Å². The van der Waals surface area contributed by atoms with E-state index in [0.29, 0.717) is 5.56 Å². The maximum atomic E-state index is 11.3. The number of alkyl halides is 1. The highest BCUT2D eigenvalue weighted by Gasteiger charge is 2.03. The molecule has 0 heterocycles. The molecule has 0 aromatic heterocycles.